The summed E-state index contributed by atoms with van der Waals surface area (Å²) < 4.78 is 0. The summed E-state index contributed by atoms with van der Waals surface area (Å²) in [4.78, 5) is 13.6. The third-order valence-electron chi connectivity index (χ3n) is 2.16. The van der Waals surface area contributed by atoms with Crippen LogP contribution in [0, 0.1) is 10.1 Å². The molecule has 0 aliphatic carbocycles. The molecule has 96 valence electrons. The van der Waals surface area contributed by atoms with Crippen LogP contribution in [0.15, 0.2) is 46.8 Å². The molecule has 19 heavy (non-hydrogen) atoms. The Morgan fingerprint density at radius 1 is 1.16 bits per heavy atom. The number of pyridine rings is 1. The normalized spacial score (nSPS) is 10.7. The van der Waals surface area contributed by atoms with E-state index >= 15 is 0 Å². The van der Waals surface area contributed by atoms with Crippen molar-refractivity contribution in [2.75, 3.05) is 0 Å². The van der Waals surface area contributed by atoms with Gasteiger partial charge in [-0.2, -0.15) is 0 Å². The molecule has 1 aromatic carbocycles. The van der Waals surface area contributed by atoms with E-state index in [1.54, 1.807) is 0 Å². The maximum atomic E-state index is 10.4. The zero-order chi connectivity index (χ0) is 13.8. The number of aromatic nitrogens is 1. The topological polar surface area (TPSA) is 121 Å². The molecule has 0 fully saturated rings. The van der Waals surface area contributed by atoms with Crippen molar-refractivity contribution in [2.45, 2.75) is 0 Å². The first-order chi connectivity index (χ1) is 9.06. The lowest BCUT2D eigenvalue weighted by Crippen LogP contribution is -1.87. The highest BCUT2D eigenvalue weighted by molar-refractivity contribution is 5.53. The van der Waals surface area contributed by atoms with Gasteiger partial charge in [0.1, 0.15) is 23.4 Å². The fourth-order valence-corrected chi connectivity index (χ4v) is 1.25. The molecule has 0 amide bonds. The average molecular weight is 260 g/mol. The molecule has 2 rings (SSSR count). The van der Waals surface area contributed by atoms with Gasteiger partial charge in [0, 0.05) is 12.1 Å². The summed E-state index contributed by atoms with van der Waals surface area (Å²) in [7, 11) is 0. The number of phenols is 2. The molecule has 0 aliphatic rings. The molecule has 8 nitrogen and oxygen atoms in total. The van der Waals surface area contributed by atoms with E-state index in [1.165, 1.54) is 24.3 Å². The largest absolute Gasteiger partial charge is 0.508 e. The van der Waals surface area contributed by atoms with Gasteiger partial charge in [0.25, 0.3) is 5.69 Å². The first-order valence-electron chi connectivity index (χ1n) is 5.10. The fraction of sp³-hybridized carbons (Fsp3) is 0. The Kier molecular flexibility index (Phi) is 3.33. The van der Waals surface area contributed by atoms with Crippen molar-refractivity contribution in [3.05, 3.63) is 46.6 Å². The molecule has 2 N–H and O–H groups in total. The molecular weight excluding hydrogens is 252 g/mol. The summed E-state index contributed by atoms with van der Waals surface area (Å²) in [6, 6.07) is 6.42. The van der Waals surface area contributed by atoms with Gasteiger partial charge in [-0.1, -0.05) is 0 Å². The Morgan fingerprint density at radius 3 is 2.53 bits per heavy atom. The van der Waals surface area contributed by atoms with Crippen LogP contribution in [0.2, 0.25) is 0 Å². The molecule has 0 saturated carbocycles. The molecule has 0 atom stereocenters. The first kappa shape index (κ1) is 12.4. The smallest absolute Gasteiger partial charge is 0.287 e. The molecule has 1 heterocycles. The van der Waals surface area contributed by atoms with Crippen LogP contribution in [0.3, 0.4) is 0 Å². The summed E-state index contributed by atoms with van der Waals surface area (Å²) >= 11 is 0. The van der Waals surface area contributed by atoms with Crippen molar-refractivity contribution >= 4 is 17.2 Å². The van der Waals surface area contributed by atoms with Gasteiger partial charge >= 0.3 is 0 Å². The molecule has 0 radical (unpaired) electrons. The van der Waals surface area contributed by atoms with E-state index in [9.17, 15) is 15.2 Å². The molecule has 0 saturated heterocycles. The molecule has 8 heteroatoms. The first-order valence-corrected chi connectivity index (χ1v) is 5.10. The molecule has 2 aromatic rings. The third kappa shape index (κ3) is 3.00. The SMILES string of the molecule is O=[N+]([O-])c1ccc(N=Nc2ccc(O)cc2O)nc1. The van der Waals surface area contributed by atoms with Gasteiger partial charge in [-0.25, -0.2) is 4.98 Å². The quantitative estimate of drug-likeness (QED) is 0.499. The van der Waals surface area contributed by atoms with Crippen molar-refractivity contribution < 1.29 is 15.1 Å². The van der Waals surface area contributed by atoms with E-state index in [-0.39, 0.29) is 28.7 Å². The number of phenolic OH excluding ortho intramolecular Hbond substituents is 2. The Labute approximate surface area is 106 Å². The number of hydrogen-bond donors (Lipinski definition) is 2. The Hall–Kier alpha value is -3.03. The van der Waals surface area contributed by atoms with Crippen molar-refractivity contribution in [1.82, 2.24) is 4.98 Å². The zero-order valence-electron chi connectivity index (χ0n) is 9.46. The van der Waals surface area contributed by atoms with Crippen molar-refractivity contribution in [3.63, 3.8) is 0 Å². The highest BCUT2D eigenvalue weighted by Crippen LogP contribution is 2.30. The monoisotopic (exact) mass is 260 g/mol. The minimum absolute atomic E-state index is 0.0927. The van der Waals surface area contributed by atoms with Crippen LogP contribution in [0.1, 0.15) is 0 Å². The maximum absolute atomic E-state index is 10.4. The second kappa shape index (κ2) is 5.08. The molecular formula is C11H8N4O4. The molecule has 1 aromatic heterocycles. The van der Waals surface area contributed by atoms with Crippen LogP contribution in [0.5, 0.6) is 11.5 Å². The lowest BCUT2D eigenvalue weighted by molar-refractivity contribution is -0.385. The second-order valence-electron chi connectivity index (χ2n) is 3.50. The van der Waals surface area contributed by atoms with E-state index in [1.807, 2.05) is 0 Å². The number of nitrogens with zero attached hydrogens (tertiary/aromatic N) is 4. The molecule has 0 spiro atoms. The van der Waals surface area contributed by atoms with Gasteiger partial charge in [-0.05, 0) is 18.2 Å². The predicted molar refractivity (Wildman–Crippen MR) is 64.8 cm³/mol. The number of azo groups is 1. The second-order valence-corrected chi connectivity index (χ2v) is 3.50. The fourth-order valence-electron chi connectivity index (χ4n) is 1.25. The van der Waals surface area contributed by atoms with Gasteiger partial charge in [0.2, 0.25) is 0 Å². The Bertz CT molecular complexity index is 640. The summed E-state index contributed by atoms with van der Waals surface area (Å²) in [5, 5.41) is 36.4. The average Bonchev–Trinajstić information content (AvgIpc) is 2.38. The van der Waals surface area contributed by atoms with Crippen LogP contribution in [0.4, 0.5) is 17.2 Å². The van der Waals surface area contributed by atoms with Crippen molar-refractivity contribution in [3.8, 4) is 11.5 Å². The van der Waals surface area contributed by atoms with Crippen molar-refractivity contribution in [2.24, 2.45) is 10.2 Å². The summed E-state index contributed by atoms with van der Waals surface area (Å²) in [6.07, 6.45) is 1.06. The third-order valence-corrected chi connectivity index (χ3v) is 2.16. The Balaban J connectivity index is 2.20. The van der Waals surface area contributed by atoms with Crippen LogP contribution in [-0.2, 0) is 0 Å². The van der Waals surface area contributed by atoms with E-state index in [0.717, 1.165) is 12.3 Å². The highest BCUT2D eigenvalue weighted by Gasteiger charge is 2.05. The predicted octanol–water partition coefficient (Wildman–Crippen LogP) is 2.82. The van der Waals surface area contributed by atoms with Gasteiger partial charge in [-0.15, -0.1) is 10.2 Å². The van der Waals surface area contributed by atoms with Gasteiger partial charge in [0.05, 0.1) is 4.92 Å². The van der Waals surface area contributed by atoms with Crippen LogP contribution in [0.25, 0.3) is 0 Å². The molecule has 0 unspecified atom stereocenters. The van der Waals surface area contributed by atoms with E-state index in [2.05, 4.69) is 15.2 Å². The highest BCUT2D eigenvalue weighted by atomic mass is 16.6. The van der Waals surface area contributed by atoms with E-state index in [0.29, 0.717) is 0 Å². The molecule has 0 aliphatic heterocycles. The lowest BCUT2D eigenvalue weighted by Gasteiger charge is -1.97. The maximum Gasteiger partial charge on any atom is 0.287 e. The number of rotatable bonds is 3. The van der Waals surface area contributed by atoms with Crippen molar-refractivity contribution in [1.29, 1.82) is 0 Å². The Morgan fingerprint density at radius 2 is 1.95 bits per heavy atom. The van der Waals surface area contributed by atoms with E-state index < -0.39 is 4.92 Å². The number of nitro groups is 1. The number of aromatic hydroxyl groups is 2. The van der Waals surface area contributed by atoms with Crippen LogP contribution < -0.4 is 0 Å². The van der Waals surface area contributed by atoms with Crippen LogP contribution in [-0.4, -0.2) is 20.1 Å². The van der Waals surface area contributed by atoms with E-state index in [4.69, 9.17) is 5.11 Å². The summed E-state index contributed by atoms with van der Waals surface area (Å²) in [5.74, 6) is -0.159. The molecule has 0 bridgehead atoms. The number of hydrogen-bond acceptors (Lipinski definition) is 7. The minimum atomic E-state index is -0.570. The van der Waals surface area contributed by atoms with Crippen LogP contribution >= 0.6 is 0 Å². The summed E-state index contributed by atoms with van der Waals surface area (Å²) in [6.45, 7) is 0. The minimum Gasteiger partial charge on any atom is -0.508 e. The van der Waals surface area contributed by atoms with Gasteiger partial charge in [0.15, 0.2) is 5.82 Å². The van der Waals surface area contributed by atoms with Gasteiger partial charge in [-0.3, -0.25) is 10.1 Å². The lowest BCUT2D eigenvalue weighted by atomic mass is 10.3. The standard InChI is InChI=1S/C11H8N4O4/c16-8-2-3-9(10(17)5-8)13-14-11-4-1-7(6-12-11)15(18)19/h1-6,16-17H. The number of benzene rings is 1. The zero-order valence-corrected chi connectivity index (χ0v) is 9.46. The van der Waals surface area contributed by atoms with Gasteiger partial charge < -0.3 is 10.2 Å². The summed E-state index contributed by atoms with van der Waals surface area (Å²) in [5.41, 5.74) is 0.00406.